The van der Waals surface area contributed by atoms with Crippen LogP contribution in [0, 0.1) is 0 Å². The van der Waals surface area contributed by atoms with Gasteiger partial charge in [-0.05, 0) is 74.9 Å². The second-order valence-corrected chi connectivity index (χ2v) is 11.7. The summed E-state index contributed by atoms with van der Waals surface area (Å²) < 4.78 is 11.2. The highest BCUT2D eigenvalue weighted by atomic mass is 16.6. The van der Waals surface area contributed by atoms with Crippen LogP contribution in [0.2, 0.25) is 0 Å². The molecule has 1 aliphatic rings. The van der Waals surface area contributed by atoms with Crippen LogP contribution < -0.4 is 20.3 Å². The van der Waals surface area contributed by atoms with Gasteiger partial charge in [0.15, 0.2) is 0 Å². The molecule has 0 bridgehead atoms. The van der Waals surface area contributed by atoms with Crippen molar-refractivity contribution in [3.05, 3.63) is 90.9 Å². The van der Waals surface area contributed by atoms with Crippen molar-refractivity contribution in [2.24, 2.45) is 0 Å². The largest absolute Gasteiger partial charge is 0.492 e. The molecule has 11 nitrogen and oxygen atoms in total. The van der Waals surface area contributed by atoms with Crippen LogP contribution in [0.1, 0.15) is 31.1 Å². The fraction of sp³-hybridized carbons (Fsp3) is 0.324. The second-order valence-electron chi connectivity index (χ2n) is 11.7. The number of carbonyl (C=O) groups is 2. The first-order valence-corrected chi connectivity index (χ1v) is 15.0. The van der Waals surface area contributed by atoms with Crippen molar-refractivity contribution in [1.29, 1.82) is 0 Å². The Bertz CT molecular complexity index is 1530. The van der Waals surface area contributed by atoms with Crippen LogP contribution in [-0.2, 0) is 9.53 Å². The minimum Gasteiger partial charge on any atom is -0.492 e. The molecule has 2 aromatic carbocycles. The zero-order valence-corrected chi connectivity index (χ0v) is 25.9. The fourth-order valence-electron chi connectivity index (χ4n) is 4.79. The van der Waals surface area contributed by atoms with E-state index < -0.39 is 11.6 Å². The van der Waals surface area contributed by atoms with E-state index in [-0.39, 0.29) is 12.5 Å². The number of pyridine rings is 1. The number of nitrogens with zero attached hydrogens (tertiary/aromatic N) is 5. The third-order valence-corrected chi connectivity index (χ3v) is 7.08. The Morgan fingerprint density at radius 3 is 2.20 bits per heavy atom. The zero-order chi connectivity index (χ0) is 31.6. The average Bonchev–Trinajstić information content (AvgIpc) is 3.05. The third-order valence-electron chi connectivity index (χ3n) is 7.08. The number of anilines is 3. The number of esters is 1. The SMILES string of the molecule is CC(C)(C)OC(=O)CNC(=O)c1ccc(-c2cnc(Nc3ccc(OCCN4CCN(c5ccccn5)CC4)cc3)nc2)cc1. The monoisotopic (exact) mass is 609 g/mol. The highest BCUT2D eigenvalue weighted by Crippen LogP contribution is 2.22. The molecule has 1 amide bonds. The van der Waals surface area contributed by atoms with Crippen LogP contribution in [0.25, 0.3) is 11.1 Å². The summed E-state index contributed by atoms with van der Waals surface area (Å²) in [5.74, 6) is 1.48. The Labute approximate surface area is 263 Å². The number of hydrogen-bond acceptors (Lipinski definition) is 10. The summed E-state index contributed by atoms with van der Waals surface area (Å²) in [4.78, 5) is 42.3. The van der Waals surface area contributed by atoms with Crippen molar-refractivity contribution in [2.45, 2.75) is 26.4 Å². The molecule has 234 valence electrons. The van der Waals surface area contributed by atoms with Gasteiger partial charge in [-0.1, -0.05) is 18.2 Å². The number of hydrogen-bond donors (Lipinski definition) is 2. The number of carbonyl (C=O) groups excluding carboxylic acids is 2. The molecule has 0 spiro atoms. The van der Waals surface area contributed by atoms with E-state index >= 15 is 0 Å². The first-order chi connectivity index (χ1) is 21.7. The molecule has 5 rings (SSSR count). The number of benzene rings is 2. The van der Waals surface area contributed by atoms with E-state index in [2.05, 4.69) is 41.5 Å². The number of ether oxygens (including phenoxy) is 2. The molecule has 0 atom stereocenters. The highest BCUT2D eigenvalue weighted by molar-refractivity contribution is 5.96. The molecule has 11 heteroatoms. The van der Waals surface area contributed by atoms with Crippen LogP contribution in [0.3, 0.4) is 0 Å². The second kappa shape index (κ2) is 14.6. The van der Waals surface area contributed by atoms with Crippen molar-refractivity contribution in [1.82, 2.24) is 25.2 Å². The minimum atomic E-state index is -0.602. The third kappa shape index (κ3) is 9.48. The lowest BCUT2D eigenvalue weighted by Gasteiger charge is -2.35. The summed E-state index contributed by atoms with van der Waals surface area (Å²) in [5, 5.41) is 5.79. The topological polar surface area (TPSA) is 122 Å². The van der Waals surface area contributed by atoms with Crippen molar-refractivity contribution in [3.8, 4) is 16.9 Å². The molecule has 0 radical (unpaired) electrons. The molecule has 0 saturated carbocycles. The molecular formula is C34H39N7O4. The van der Waals surface area contributed by atoms with Gasteiger partial charge in [-0.3, -0.25) is 14.5 Å². The standard InChI is InChI=1S/C34H39N7O4/c1-34(2,3)45-31(42)24-36-32(43)26-9-7-25(8-10-26)27-22-37-33(38-23-27)39-28-11-13-29(14-12-28)44-21-20-40-16-18-41(19-17-40)30-6-4-5-15-35-30/h4-15,22-23H,16-21,24H2,1-3H3,(H,36,43)(H,37,38,39). The molecule has 2 aromatic heterocycles. The van der Waals surface area contributed by atoms with Crippen molar-refractivity contribution in [3.63, 3.8) is 0 Å². The number of aromatic nitrogens is 3. The zero-order valence-electron chi connectivity index (χ0n) is 25.9. The van der Waals surface area contributed by atoms with Gasteiger partial charge in [0, 0.05) is 68.1 Å². The van der Waals surface area contributed by atoms with E-state index in [1.807, 2.05) is 54.7 Å². The Hall–Kier alpha value is -5.03. The molecule has 2 N–H and O–H groups in total. The molecule has 45 heavy (non-hydrogen) atoms. The van der Waals surface area contributed by atoms with E-state index in [0.29, 0.717) is 18.1 Å². The summed E-state index contributed by atoms with van der Waals surface area (Å²) in [6.45, 7) is 10.5. The fourth-order valence-corrected chi connectivity index (χ4v) is 4.79. The van der Waals surface area contributed by atoms with Gasteiger partial charge in [-0.15, -0.1) is 0 Å². The molecule has 3 heterocycles. The lowest BCUT2D eigenvalue weighted by molar-refractivity contribution is -0.153. The summed E-state index contributed by atoms with van der Waals surface area (Å²) in [5.41, 5.74) is 2.36. The van der Waals surface area contributed by atoms with Gasteiger partial charge in [0.25, 0.3) is 5.91 Å². The van der Waals surface area contributed by atoms with Crippen molar-refractivity contribution in [2.75, 3.05) is 56.1 Å². The van der Waals surface area contributed by atoms with Gasteiger partial charge in [0.1, 0.15) is 30.3 Å². The van der Waals surface area contributed by atoms with Crippen LogP contribution in [0.15, 0.2) is 85.3 Å². The first-order valence-electron chi connectivity index (χ1n) is 15.0. The summed E-state index contributed by atoms with van der Waals surface area (Å²) in [6, 6.07) is 20.8. The molecule has 1 fully saturated rings. The quantitative estimate of drug-likeness (QED) is 0.234. The Balaban J connectivity index is 1.04. The molecule has 0 unspecified atom stereocenters. The summed E-state index contributed by atoms with van der Waals surface area (Å²) in [7, 11) is 0. The van der Waals surface area contributed by atoms with E-state index in [9.17, 15) is 9.59 Å². The average molecular weight is 610 g/mol. The molecule has 1 aliphatic heterocycles. The highest BCUT2D eigenvalue weighted by Gasteiger charge is 2.18. The summed E-state index contributed by atoms with van der Waals surface area (Å²) >= 11 is 0. The lowest BCUT2D eigenvalue weighted by Crippen LogP contribution is -2.47. The number of nitrogens with one attached hydrogen (secondary N) is 2. The minimum absolute atomic E-state index is 0.192. The first kappa shape index (κ1) is 31.4. The van der Waals surface area contributed by atoms with E-state index in [1.165, 1.54) is 0 Å². The van der Waals surface area contributed by atoms with Gasteiger partial charge in [0.05, 0.1) is 0 Å². The Morgan fingerprint density at radius 2 is 1.56 bits per heavy atom. The molecular weight excluding hydrogens is 570 g/mol. The van der Waals surface area contributed by atoms with Gasteiger partial charge < -0.3 is 25.0 Å². The smallest absolute Gasteiger partial charge is 0.325 e. The number of rotatable bonds is 11. The molecule has 0 aliphatic carbocycles. The molecule has 1 saturated heterocycles. The maximum atomic E-state index is 12.4. The van der Waals surface area contributed by atoms with Gasteiger partial charge >= 0.3 is 5.97 Å². The van der Waals surface area contributed by atoms with Crippen molar-refractivity contribution < 1.29 is 19.1 Å². The number of amides is 1. The van der Waals surface area contributed by atoms with Crippen LogP contribution in [-0.4, -0.2) is 83.2 Å². The van der Waals surface area contributed by atoms with Gasteiger partial charge in [-0.25, -0.2) is 15.0 Å². The van der Waals surface area contributed by atoms with Crippen molar-refractivity contribution >= 4 is 29.3 Å². The maximum absolute atomic E-state index is 12.4. The summed E-state index contributed by atoms with van der Waals surface area (Å²) in [6.07, 6.45) is 5.28. The van der Waals surface area contributed by atoms with Gasteiger partial charge in [-0.2, -0.15) is 0 Å². The molecule has 4 aromatic rings. The predicted molar refractivity (Wildman–Crippen MR) is 174 cm³/mol. The predicted octanol–water partition coefficient (Wildman–Crippen LogP) is 4.55. The normalized spacial score (nSPS) is 13.6. The van der Waals surface area contributed by atoms with Crippen LogP contribution in [0.4, 0.5) is 17.5 Å². The van der Waals surface area contributed by atoms with Crippen LogP contribution in [0.5, 0.6) is 5.75 Å². The van der Waals surface area contributed by atoms with E-state index in [0.717, 1.165) is 61.1 Å². The van der Waals surface area contributed by atoms with E-state index in [4.69, 9.17) is 9.47 Å². The van der Waals surface area contributed by atoms with Crippen LogP contribution >= 0.6 is 0 Å². The lowest BCUT2D eigenvalue weighted by atomic mass is 10.1. The maximum Gasteiger partial charge on any atom is 0.325 e. The van der Waals surface area contributed by atoms with E-state index in [1.54, 1.807) is 45.3 Å². The Morgan fingerprint density at radius 1 is 0.844 bits per heavy atom. The Kier molecular flexibility index (Phi) is 10.2. The van der Waals surface area contributed by atoms with Gasteiger partial charge in [0.2, 0.25) is 5.95 Å². The number of piperazine rings is 1.